The molecule has 0 aliphatic heterocycles. The minimum absolute atomic E-state index is 0.0358. The molecule has 0 atom stereocenters. The molecule has 106 valence electrons. The van der Waals surface area contributed by atoms with Gasteiger partial charge in [0.15, 0.2) is 0 Å². The molecule has 0 aromatic heterocycles. The van der Waals surface area contributed by atoms with Crippen molar-refractivity contribution in [1.29, 1.82) is 0 Å². The molecular weight excluding hydrogens is 224 g/mol. The molecule has 0 amide bonds. The van der Waals surface area contributed by atoms with Crippen LogP contribution in [0.5, 0.6) is 0 Å². The average Bonchev–Trinajstić information content (AvgIpc) is 2.39. The maximum absolute atomic E-state index is 10.5. The number of hydrogen-bond acceptors (Lipinski definition) is 2. The summed E-state index contributed by atoms with van der Waals surface area (Å²) in [5.74, 6) is 1.64. The molecule has 0 aromatic carbocycles. The zero-order valence-corrected chi connectivity index (χ0v) is 11.9. The predicted molar refractivity (Wildman–Crippen MR) is 74.4 cm³/mol. The van der Waals surface area contributed by atoms with Crippen LogP contribution in [0.15, 0.2) is 0 Å². The molecule has 2 fully saturated rings. The molecule has 2 rings (SSSR count). The van der Waals surface area contributed by atoms with E-state index >= 15 is 0 Å². The maximum atomic E-state index is 10.5. The van der Waals surface area contributed by atoms with Gasteiger partial charge in [-0.05, 0) is 69.6 Å². The second-order valence-corrected chi connectivity index (χ2v) is 6.73. The van der Waals surface area contributed by atoms with Crippen molar-refractivity contribution in [1.82, 2.24) is 0 Å². The standard InChI is InChI=1S/C16H30O2/c1-2-3-10-16(18)11-8-14(9-12-16)13-4-6-15(17)7-5-13/h13-15,17-18H,2-12H2,1H3. The van der Waals surface area contributed by atoms with Crippen LogP contribution in [-0.2, 0) is 0 Å². The van der Waals surface area contributed by atoms with Crippen molar-refractivity contribution in [2.45, 2.75) is 89.3 Å². The van der Waals surface area contributed by atoms with Gasteiger partial charge in [-0.1, -0.05) is 19.8 Å². The molecule has 2 N–H and O–H groups in total. The quantitative estimate of drug-likeness (QED) is 0.804. The van der Waals surface area contributed by atoms with Gasteiger partial charge in [-0.3, -0.25) is 0 Å². The van der Waals surface area contributed by atoms with E-state index in [1.165, 1.54) is 32.1 Å². The van der Waals surface area contributed by atoms with Crippen LogP contribution in [0.1, 0.15) is 77.6 Å². The molecular formula is C16H30O2. The van der Waals surface area contributed by atoms with Gasteiger partial charge in [-0.15, -0.1) is 0 Å². The van der Waals surface area contributed by atoms with Crippen molar-refractivity contribution in [2.75, 3.05) is 0 Å². The summed E-state index contributed by atoms with van der Waals surface area (Å²) < 4.78 is 0. The Labute approximate surface area is 112 Å². The summed E-state index contributed by atoms with van der Waals surface area (Å²) in [7, 11) is 0. The molecule has 0 heterocycles. The molecule has 2 aliphatic carbocycles. The first-order valence-electron chi connectivity index (χ1n) is 8.03. The Morgan fingerprint density at radius 1 is 0.944 bits per heavy atom. The second-order valence-electron chi connectivity index (χ2n) is 6.73. The number of rotatable bonds is 4. The van der Waals surface area contributed by atoms with Gasteiger partial charge >= 0.3 is 0 Å². The minimum atomic E-state index is -0.347. The number of hydrogen-bond donors (Lipinski definition) is 2. The highest BCUT2D eigenvalue weighted by Crippen LogP contribution is 2.42. The van der Waals surface area contributed by atoms with E-state index in [4.69, 9.17) is 0 Å². The average molecular weight is 254 g/mol. The highest BCUT2D eigenvalue weighted by atomic mass is 16.3. The summed E-state index contributed by atoms with van der Waals surface area (Å²) >= 11 is 0. The largest absolute Gasteiger partial charge is 0.393 e. The Morgan fingerprint density at radius 3 is 2.06 bits per heavy atom. The molecule has 0 spiro atoms. The minimum Gasteiger partial charge on any atom is -0.393 e. The molecule has 0 saturated heterocycles. The van der Waals surface area contributed by atoms with Gasteiger partial charge in [0.1, 0.15) is 0 Å². The lowest BCUT2D eigenvalue weighted by Gasteiger charge is -2.41. The Kier molecular flexibility index (Phi) is 5.08. The molecule has 2 nitrogen and oxygen atoms in total. The van der Waals surface area contributed by atoms with Crippen molar-refractivity contribution >= 4 is 0 Å². The SMILES string of the molecule is CCCCC1(O)CCC(C2CCC(O)CC2)CC1. The highest BCUT2D eigenvalue weighted by molar-refractivity contribution is 4.88. The third kappa shape index (κ3) is 3.71. The molecule has 0 unspecified atom stereocenters. The lowest BCUT2D eigenvalue weighted by atomic mass is 9.68. The van der Waals surface area contributed by atoms with E-state index in [1.54, 1.807) is 0 Å². The third-order valence-electron chi connectivity index (χ3n) is 5.36. The van der Waals surface area contributed by atoms with Crippen LogP contribution in [0, 0.1) is 11.8 Å². The van der Waals surface area contributed by atoms with Crippen LogP contribution in [-0.4, -0.2) is 21.9 Å². The van der Waals surface area contributed by atoms with Crippen molar-refractivity contribution in [3.63, 3.8) is 0 Å². The molecule has 2 saturated carbocycles. The Morgan fingerprint density at radius 2 is 1.50 bits per heavy atom. The Bertz CT molecular complexity index is 235. The molecule has 2 heteroatoms. The number of aliphatic hydroxyl groups excluding tert-OH is 1. The first-order chi connectivity index (χ1) is 8.63. The van der Waals surface area contributed by atoms with E-state index in [0.29, 0.717) is 0 Å². The van der Waals surface area contributed by atoms with Gasteiger partial charge in [0.05, 0.1) is 11.7 Å². The molecule has 18 heavy (non-hydrogen) atoms. The van der Waals surface area contributed by atoms with Gasteiger partial charge in [-0.25, -0.2) is 0 Å². The van der Waals surface area contributed by atoms with Crippen LogP contribution in [0.2, 0.25) is 0 Å². The van der Waals surface area contributed by atoms with Crippen LogP contribution in [0.4, 0.5) is 0 Å². The van der Waals surface area contributed by atoms with Crippen LogP contribution >= 0.6 is 0 Å². The van der Waals surface area contributed by atoms with E-state index in [1.807, 2.05) is 0 Å². The lowest BCUT2D eigenvalue weighted by Crippen LogP contribution is -2.36. The maximum Gasteiger partial charge on any atom is 0.0648 e. The van der Waals surface area contributed by atoms with Crippen LogP contribution in [0.3, 0.4) is 0 Å². The summed E-state index contributed by atoms with van der Waals surface area (Å²) in [5, 5.41) is 20.1. The lowest BCUT2D eigenvalue weighted by molar-refractivity contribution is -0.0313. The molecule has 0 aromatic rings. The zero-order valence-electron chi connectivity index (χ0n) is 11.9. The number of unbranched alkanes of at least 4 members (excludes halogenated alkanes) is 1. The fourth-order valence-electron chi connectivity index (χ4n) is 3.98. The second kappa shape index (κ2) is 6.38. The van der Waals surface area contributed by atoms with Crippen molar-refractivity contribution < 1.29 is 10.2 Å². The van der Waals surface area contributed by atoms with E-state index < -0.39 is 0 Å². The van der Waals surface area contributed by atoms with E-state index in [9.17, 15) is 10.2 Å². The summed E-state index contributed by atoms with van der Waals surface area (Å²) in [6.07, 6.45) is 12.2. The summed E-state index contributed by atoms with van der Waals surface area (Å²) in [6, 6.07) is 0. The summed E-state index contributed by atoms with van der Waals surface area (Å²) in [4.78, 5) is 0. The van der Waals surface area contributed by atoms with E-state index in [0.717, 1.165) is 50.4 Å². The Balaban J connectivity index is 1.76. The van der Waals surface area contributed by atoms with Gasteiger partial charge in [0.2, 0.25) is 0 Å². The van der Waals surface area contributed by atoms with Gasteiger partial charge in [-0.2, -0.15) is 0 Å². The van der Waals surface area contributed by atoms with Crippen molar-refractivity contribution in [3.05, 3.63) is 0 Å². The van der Waals surface area contributed by atoms with Gasteiger partial charge in [0.25, 0.3) is 0 Å². The van der Waals surface area contributed by atoms with Gasteiger partial charge < -0.3 is 10.2 Å². The van der Waals surface area contributed by atoms with E-state index in [-0.39, 0.29) is 11.7 Å². The van der Waals surface area contributed by atoms with Crippen LogP contribution < -0.4 is 0 Å². The number of aliphatic hydroxyl groups is 2. The van der Waals surface area contributed by atoms with Crippen molar-refractivity contribution in [2.24, 2.45) is 11.8 Å². The fraction of sp³-hybridized carbons (Fsp3) is 1.00. The smallest absolute Gasteiger partial charge is 0.0648 e. The van der Waals surface area contributed by atoms with E-state index in [2.05, 4.69) is 6.92 Å². The highest BCUT2D eigenvalue weighted by Gasteiger charge is 2.36. The molecule has 2 aliphatic rings. The van der Waals surface area contributed by atoms with Crippen LogP contribution in [0.25, 0.3) is 0 Å². The Hall–Kier alpha value is -0.0800. The topological polar surface area (TPSA) is 40.5 Å². The third-order valence-corrected chi connectivity index (χ3v) is 5.36. The predicted octanol–water partition coefficient (Wildman–Crippen LogP) is 3.65. The normalized spacial score (nSPS) is 41.8. The summed E-state index contributed by atoms with van der Waals surface area (Å²) in [6.45, 7) is 2.20. The fourth-order valence-corrected chi connectivity index (χ4v) is 3.98. The zero-order chi connectivity index (χ0) is 13.0. The molecule has 0 bridgehead atoms. The first-order valence-corrected chi connectivity index (χ1v) is 8.03. The van der Waals surface area contributed by atoms with Crippen molar-refractivity contribution in [3.8, 4) is 0 Å². The summed E-state index contributed by atoms with van der Waals surface area (Å²) in [5.41, 5.74) is -0.347. The monoisotopic (exact) mass is 254 g/mol. The molecule has 0 radical (unpaired) electrons. The van der Waals surface area contributed by atoms with Gasteiger partial charge in [0, 0.05) is 0 Å². The first kappa shape index (κ1) is 14.3.